The molecule has 0 aromatic carbocycles. The van der Waals surface area contributed by atoms with Crippen molar-refractivity contribution in [3.8, 4) is 0 Å². The summed E-state index contributed by atoms with van der Waals surface area (Å²) >= 11 is 0. The van der Waals surface area contributed by atoms with E-state index in [1.54, 1.807) is 0 Å². The van der Waals surface area contributed by atoms with Gasteiger partial charge >= 0.3 is 40.0 Å². The zero-order valence-corrected chi connectivity index (χ0v) is 9.31. The molecule has 0 spiro atoms. The Hall–Kier alpha value is 0.630. The molecule has 0 atom stereocenters. The van der Waals surface area contributed by atoms with E-state index >= 15 is 0 Å². The second-order valence-electron chi connectivity index (χ2n) is 0.983. The smallest absolute Gasteiger partial charge is 0.689 e. The van der Waals surface area contributed by atoms with Gasteiger partial charge < -0.3 is 5.26 Å². The van der Waals surface area contributed by atoms with Crippen LogP contribution < -0.4 is 34.8 Å². The summed E-state index contributed by atoms with van der Waals surface area (Å²) in [7, 11) is -3.51. The van der Waals surface area contributed by atoms with Gasteiger partial charge in [0.2, 0.25) is 0 Å². The van der Waals surface area contributed by atoms with E-state index in [9.17, 15) is 8.42 Å². The molecule has 0 N–H and O–H groups in total. The van der Waals surface area contributed by atoms with Crippen LogP contribution in [0.4, 0.5) is 0 Å². The molecule has 74 valence electrons. The van der Waals surface area contributed by atoms with Gasteiger partial charge in [-0.25, -0.2) is 4.18 Å². The first kappa shape index (κ1) is 16.1. The van der Waals surface area contributed by atoms with E-state index in [1.807, 2.05) is 0 Å². The van der Waals surface area contributed by atoms with Crippen LogP contribution in [0.3, 0.4) is 0 Å². The minimum Gasteiger partial charge on any atom is -0.689 e. The molecule has 0 aliphatic carbocycles. The van der Waals surface area contributed by atoms with Crippen LogP contribution in [0.5, 0.6) is 0 Å². The quantitative estimate of drug-likeness (QED) is 0.181. The topological polar surface area (TPSA) is 122 Å². The summed E-state index contributed by atoms with van der Waals surface area (Å²) < 4.78 is 27.5. The minimum absolute atomic E-state index is 0. The van der Waals surface area contributed by atoms with Gasteiger partial charge in [0.1, 0.15) is 0 Å². The zero-order valence-electron chi connectivity index (χ0n) is 6.49. The Balaban J connectivity index is 0. The van der Waals surface area contributed by atoms with E-state index in [0.29, 0.717) is 0 Å². The van der Waals surface area contributed by atoms with Crippen molar-refractivity contribution in [2.75, 3.05) is 7.11 Å². The van der Waals surface area contributed by atoms with Crippen molar-refractivity contribution < 1.29 is 76.9 Å². The Kier molecular flexibility index (Phi) is 11.4. The number of rotatable bonds is 7. The van der Waals surface area contributed by atoms with Crippen molar-refractivity contribution in [1.29, 1.82) is 0 Å². The third-order valence-electron chi connectivity index (χ3n) is 0.426. The summed E-state index contributed by atoms with van der Waals surface area (Å²) in [6, 6.07) is 0. The summed E-state index contributed by atoms with van der Waals surface area (Å²) in [6.45, 7) is 0. The summed E-state index contributed by atoms with van der Waals surface area (Å²) in [5.74, 6) is 0. The Morgan fingerprint density at radius 3 is 2.08 bits per heavy atom. The van der Waals surface area contributed by atoms with Crippen LogP contribution in [0.15, 0.2) is 0 Å². The maximum absolute atomic E-state index is 10.2. The summed E-state index contributed by atoms with van der Waals surface area (Å²) in [6.07, 6.45) is 0. The normalized spacial score (nSPS) is 10.9. The molecule has 0 radical (unpaired) electrons. The van der Waals surface area contributed by atoms with Crippen LogP contribution in [0.2, 0.25) is 0 Å². The van der Waals surface area contributed by atoms with Gasteiger partial charge in [-0.1, -0.05) is 4.33 Å². The maximum atomic E-state index is 10.2. The summed E-state index contributed by atoms with van der Waals surface area (Å²) in [4.78, 5) is 0. The van der Waals surface area contributed by atoms with Gasteiger partial charge in [0.15, 0.2) is 0 Å². The average Bonchev–Trinajstić information content (AvgIpc) is 2.04. The third-order valence-corrected chi connectivity index (χ3v) is 1.06. The van der Waals surface area contributed by atoms with Gasteiger partial charge in [-0.05, 0) is 20.2 Å². The molecule has 0 amide bonds. The molecule has 0 rings (SSSR count). The van der Waals surface area contributed by atoms with Gasteiger partial charge in [0.25, 0.3) is 0 Å². The first-order valence-electron chi connectivity index (χ1n) is 2.07. The fourth-order valence-electron chi connectivity index (χ4n) is 0.107. The summed E-state index contributed by atoms with van der Waals surface area (Å²) in [5.41, 5.74) is 0. The Labute approximate surface area is 94.4 Å². The van der Waals surface area contributed by atoms with E-state index in [1.165, 1.54) is 0 Å². The second kappa shape index (κ2) is 9.20. The van der Waals surface area contributed by atoms with Gasteiger partial charge in [-0.15, -0.1) is 0 Å². The molecule has 12 heteroatoms. The molecule has 13 heavy (non-hydrogen) atoms. The van der Waals surface area contributed by atoms with E-state index in [4.69, 9.17) is 5.26 Å². The van der Waals surface area contributed by atoms with Crippen LogP contribution in [-0.2, 0) is 44.1 Å². The molecular weight excluding hydrogens is 227 g/mol. The van der Waals surface area contributed by atoms with Crippen molar-refractivity contribution in [3.05, 3.63) is 0 Å². The second-order valence-corrected chi connectivity index (χ2v) is 2.27. The predicted molar refractivity (Wildman–Crippen MR) is 22.4 cm³/mol. The maximum Gasteiger partial charge on any atom is 1.00 e. The van der Waals surface area contributed by atoms with Gasteiger partial charge in [0.05, 0.1) is 7.11 Å². The average molecular weight is 230 g/mol. The van der Waals surface area contributed by atoms with Crippen molar-refractivity contribution >= 4 is 10.4 Å². The fourth-order valence-corrected chi connectivity index (χ4v) is 0.253. The van der Waals surface area contributed by atoms with Crippen molar-refractivity contribution in [2.24, 2.45) is 0 Å². The third kappa shape index (κ3) is 10.6. The number of hydrogen-bond acceptors (Lipinski definition) is 10. The van der Waals surface area contributed by atoms with E-state index in [2.05, 4.69) is 33.7 Å². The summed E-state index contributed by atoms with van der Waals surface area (Å²) in [5, 5.41) is 24.4. The Morgan fingerprint density at radius 2 is 1.62 bits per heavy atom. The largest absolute Gasteiger partial charge is 1.00 e. The van der Waals surface area contributed by atoms with Gasteiger partial charge in [-0.3, -0.25) is 5.04 Å². The van der Waals surface area contributed by atoms with Crippen molar-refractivity contribution in [2.45, 2.75) is 0 Å². The van der Waals surface area contributed by atoms with Gasteiger partial charge in [-0.2, -0.15) is 8.42 Å². The van der Waals surface area contributed by atoms with Crippen molar-refractivity contribution in [3.63, 3.8) is 0 Å². The minimum atomic E-state index is -4.31. The predicted octanol–water partition coefficient (Wildman–Crippen LogP) is -5.17. The van der Waals surface area contributed by atoms with Crippen LogP contribution in [0.25, 0.3) is 0 Å². The van der Waals surface area contributed by atoms with E-state index in [0.717, 1.165) is 7.11 Å². The van der Waals surface area contributed by atoms with E-state index in [-0.39, 0.29) is 29.6 Å². The molecule has 0 saturated heterocycles. The fraction of sp³-hybridized carbons (Fsp3) is 1.00. The first-order valence-corrected chi connectivity index (χ1v) is 3.41. The van der Waals surface area contributed by atoms with Crippen molar-refractivity contribution in [1.82, 2.24) is 0 Å². The van der Waals surface area contributed by atoms with Crippen LogP contribution in [0.1, 0.15) is 0 Å². The molecule has 0 heterocycles. The molecule has 0 fully saturated rings. The molecule has 0 aromatic rings. The van der Waals surface area contributed by atoms with Gasteiger partial charge in [0, 0.05) is 0 Å². The molecular formula is CH3NaO10S. The molecule has 10 nitrogen and oxygen atoms in total. The molecule has 0 bridgehead atoms. The molecule has 0 saturated carbocycles. The Morgan fingerprint density at radius 1 is 1.08 bits per heavy atom. The molecule has 0 aliphatic rings. The molecule has 0 unspecified atom stereocenters. The first-order chi connectivity index (χ1) is 5.62. The monoisotopic (exact) mass is 230 g/mol. The molecule has 0 aliphatic heterocycles. The number of hydrogen-bond donors (Lipinski definition) is 0. The van der Waals surface area contributed by atoms with Crippen LogP contribution in [-0.4, -0.2) is 15.5 Å². The van der Waals surface area contributed by atoms with Crippen LogP contribution >= 0.6 is 0 Å². The Bertz CT molecular complexity index is 185. The zero-order chi connectivity index (χ0) is 9.45. The van der Waals surface area contributed by atoms with Crippen LogP contribution in [0, 0.1) is 0 Å². The SMILES string of the molecule is COS(=O)(=O)OOOOOO[O-].[Na+]. The molecule has 0 aromatic heterocycles. The van der Waals surface area contributed by atoms with E-state index < -0.39 is 10.4 Å². The standard InChI is InChI=1S/CH4O10S.Na/c1-5-12(3,4)11-10-9-8-7-6-2;/h2H,1H3;/q;+1/p-1.